The molecule has 5 nitrogen and oxygen atoms in total. The van der Waals surface area contributed by atoms with Crippen molar-refractivity contribution in [3.05, 3.63) is 33.6 Å². The van der Waals surface area contributed by atoms with Gasteiger partial charge in [-0.05, 0) is 19.4 Å². The highest BCUT2D eigenvalue weighted by Gasteiger charge is 2.10. The van der Waals surface area contributed by atoms with Crippen LogP contribution in [0.1, 0.15) is 18.2 Å². The maximum atomic E-state index is 10.8. The molecule has 0 fully saturated rings. The predicted molar refractivity (Wildman–Crippen MR) is 50.0 cm³/mol. The van der Waals surface area contributed by atoms with E-state index in [2.05, 4.69) is 4.98 Å². The molecule has 1 aromatic rings. The summed E-state index contributed by atoms with van der Waals surface area (Å²) in [6.45, 7) is 3.17. The van der Waals surface area contributed by atoms with E-state index in [9.17, 15) is 14.9 Å². The van der Waals surface area contributed by atoms with Gasteiger partial charge < -0.3 is 0 Å². The molecule has 0 aliphatic heterocycles. The molecule has 5 heteroatoms. The first-order chi connectivity index (χ1) is 6.50. The molecular weight excluding hydrogens is 184 g/mol. The highest BCUT2D eigenvalue weighted by Crippen LogP contribution is 2.14. The molecule has 0 radical (unpaired) electrons. The lowest BCUT2D eigenvalue weighted by atomic mass is 10.1. The van der Waals surface area contributed by atoms with Gasteiger partial charge in [-0.2, -0.15) is 0 Å². The normalized spacial score (nSPS) is 9.86. The Balaban J connectivity index is 3.01. The first kappa shape index (κ1) is 10.3. The van der Waals surface area contributed by atoms with Crippen LogP contribution in [0.15, 0.2) is 12.3 Å². The third-order valence-corrected chi connectivity index (χ3v) is 1.80. The molecule has 0 unspecified atom stereocenters. The van der Waals surface area contributed by atoms with Crippen LogP contribution in [0.3, 0.4) is 0 Å². The highest BCUT2D eigenvalue weighted by molar-refractivity contribution is 5.78. The molecule has 14 heavy (non-hydrogen) atoms. The number of ketones is 1. The van der Waals surface area contributed by atoms with Gasteiger partial charge in [0.25, 0.3) is 5.69 Å². The zero-order valence-electron chi connectivity index (χ0n) is 7.98. The minimum absolute atomic E-state index is 0.00514. The zero-order valence-corrected chi connectivity index (χ0v) is 7.98. The molecule has 0 aromatic carbocycles. The smallest absolute Gasteiger partial charge is 0.287 e. The van der Waals surface area contributed by atoms with E-state index in [4.69, 9.17) is 0 Å². The quantitative estimate of drug-likeness (QED) is 0.539. The molecule has 0 N–H and O–H groups in total. The number of carbonyl (C=O) groups excluding carboxylic acids is 1. The van der Waals surface area contributed by atoms with Crippen molar-refractivity contribution >= 4 is 11.5 Å². The van der Waals surface area contributed by atoms with E-state index in [1.165, 1.54) is 19.2 Å². The van der Waals surface area contributed by atoms with E-state index >= 15 is 0 Å². The van der Waals surface area contributed by atoms with Gasteiger partial charge in [-0.25, -0.2) is 0 Å². The number of carbonyl (C=O) groups is 1. The largest absolute Gasteiger partial charge is 0.300 e. The number of aryl methyl sites for hydroxylation is 1. The van der Waals surface area contributed by atoms with E-state index in [-0.39, 0.29) is 17.9 Å². The summed E-state index contributed by atoms with van der Waals surface area (Å²) in [6, 6.07) is 1.42. The van der Waals surface area contributed by atoms with E-state index < -0.39 is 4.92 Å². The molecule has 0 atom stereocenters. The Labute approximate surface area is 80.9 Å². The molecule has 0 amide bonds. The van der Waals surface area contributed by atoms with Crippen molar-refractivity contribution in [3.8, 4) is 0 Å². The van der Waals surface area contributed by atoms with Gasteiger partial charge in [-0.3, -0.25) is 19.9 Å². The van der Waals surface area contributed by atoms with Crippen molar-refractivity contribution < 1.29 is 9.72 Å². The number of Topliss-reactive ketones (excluding diaryl/α,β-unsaturated/α-hetero) is 1. The number of hydrogen-bond acceptors (Lipinski definition) is 4. The second-order valence-corrected chi connectivity index (χ2v) is 3.09. The molecule has 1 rings (SSSR count). The number of nitrogens with zero attached hydrogens (tertiary/aromatic N) is 2. The summed E-state index contributed by atoms with van der Waals surface area (Å²) < 4.78 is 0. The molecule has 0 saturated carbocycles. The van der Waals surface area contributed by atoms with Crippen LogP contribution < -0.4 is 0 Å². The zero-order chi connectivity index (χ0) is 10.7. The van der Waals surface area contributed by atoms with Crippen molar-refractivity contribution in [1.29, 1.82) is 0 Å². The fourth-order valence-corrected chi connectivity index (χ4v) is 1.11. The van der Waals surface area contributed by atoms with Gasteiger partial charge in [0.2, 0.25) is 0 Å². The third kappa shape index (κ3) is 2.35. The van der Waals surface area contributed by atoms with Crippen LogP contribution in [-0.2, 0) is 11.2 Å². The lowest BCUT2D eigenvalue weighted by Crippen LogP contribution is -2.02. The van der Waals surface area contributed by atoms with Crippen molar-refractivity contribution in [2.24, 2.45) is 0 Å². The SMILES string of the molecule is CC(=O)Cc1ncc([N+](=O)[O-])cc1C. The Bertz CT molecular complexity index is 388. The molecule has 1 heterocycles. The van der Waals surface area contributed by atoms with Crippen LogP contribution in [0.2, 0.25) is 0 Å². The summed E-state index contributed by atoms with van der Waals surface area (Å²) in [5.41, 5.74) is 1.23. The minimum atomic E-state index is -0.502. The molecule has 0 bridgehead atoms. The van der Waals surface area contributed by atoms with Crippen LogP contribution in [0.25, 0.3) is 0 Å². The summed E-state index contributed by atoms with van der Waals surface area (Å²) in [6.07, 6.45) is 1.40. The second kappa shape index (κ2) is 3.95. The maximum absolute atomic E-state index is 10.8. The number of hydrogen-bond donors (Lipinski definition) is 0. The summed E-state index contributed by atoms with van der Waals surface area (Å²) in [4.78, 5) is 24.6. The van der Waals surface area contributed by atoms with E-state index in [1.54, 1.807) is 6.92 Å². The highest BCUT2D eigenvalue weighted by atomic mass is 16.6. The van der Waals surface area contributed by atoms with Crippen LogP contribution in [0, 0.1) is 17.0 Å². The first-order valence-electron chi connectivity index (χ1n) is 4.10. The fraction of sp³-hybridized carbons (Fsp3) is 0.333. The van der Waals surface area contributed by atoms with Gasteiger partial charge in [0.15, 0.2) is 0 Å². The van der Waals surface area contributed by atoms with Crippen molar-refractivity contribution in [1.82, 2.24) is 4.98 Å². The topological polar surface area (TPSA) is 73.1 Å². The average molecular weight is 194 g/mol. The molecule has 0 aliphatic rings. The first-order valence-corrected chi connectivity index (χ1v) is 4.10. The lowest BCUT2D eigenvalue weighted by Gasteiger charge is -2.01. The summed E-state index contributed by atoms with van der Waals surface area (Å²) in [5, 5.41) is 10.4. The van der Waals surface area contributed by atoms with Gasteiger partial charge in [0, 0.05) is 12.5 Å². The Morgan fingerprint density at radius 1 is 1.64 bits per heavy atom. The van der Waals surface area contributed by atoms with Crippen LogP contribution >= 0.6 is 0 Å². The van der Waals surface area contributed by atoms with Crippen molar-refractivity contribution in [3.63, 3.8) is 0 Å². The van der Waals surface area contributed by atoms with Gasteiger partial charge in [-0.15, -0.1) is 0 Å². The summed E-state index contributed by atoms with van der Waals surface area (Å²) in [7, 11) is 0. The lowest BCUT2D eigenvalue weighted by molar-refractivity contribution is -0.385. The fourth-order valence-electron chi connectivity index (χ4n) is 1.11. The Morgan fingerprint density at radius 2 is 2.29 bits per heavy atom. The number of pyridine rings is 1. The second-order valence-electron chi connectivity index (χ2n) is 3.09. The molecular formula is C9H10N2O3. The molecule has 0 saturated heterocycles. The average Bonchev–Trinajstić information content (AvgIpc) is 2.07. The minimum Gasteiger partial charge on any atom is -0.300 e. The van der Waals surface area contributed by atoms with Crippen LogP contribution in [-0.4, -0.2) is 15.7 Å². The van der Waals surface area contributed by atoms with Crippen LogP contribution in [0.5, 0.6) is 0 Å². The monoisotopic (exact) mass is 194 g/mol. The van der Waals surface area contributed by atoms with E-state index in [0.29, 0.717) is 11.3 Å². The standard InChI is InChI=1S/C9H10N2O3/c1-6-3-8(11(13)14)5-10-9(6)4-7(2)12/h3,5H,4H2,1-2H3. The van der Waals surface area contributed by atoms with Gasteiger partial charge in [0.05, 0.1) is 10.6 Å². The number of aromatic nitrogens is 1. The number of nitro groups is 1. The van der Waals surface area contributed by atoms with Crippen LogP contribution in [0.4, 0.5) is 5.69 Å². The molecule has 74 valence electrons. The van der Waals surface area contributed by atoms with Gasteiger partial charge in [-0.1, -0.05) is 0 Å². The molecule has 0 spiro atoms. The summed E-state index contributed by atoms with van der Waals surface area (Å²) in [5.74, 6) is -0.00514. The summed E-state index contributed by atoms with van der Waals surface area (Å²) >= 11 is 0. The van der Waals surface area contributed by atoms with E-state index in [0.717, 1.165) is 0 Å². The van der Waals surface area contributed by atoms with Gasteiger partial charge in [0.1, 0.15) is 12.0 Å². The van der Waals surface area contributed by atoms with Crippen molar-refractivity contribution in [2.75, 3.05) is 0 Å². The molecule has 1 aromatic heterocycles. The van der Waals surface area contributed by atoms with Crippen molar-refractivity contribution in [2.45, 2.75) is 20.3 Å². The van der Waals surface area contributed by atoms with E-state index in [1.807, 2.05) is 0 Å². The third-order valence-electron chi connectivity index (χ3n) is 1.80. The number of rotatable bonds is 3. The van der Waals surface area contributed by atoms with Gasteiger partial charge >= 0.3 is 0 Å². The Hall–Kier alpha value is -1.78. The Morgan fingerprint density at radius 3 is 2.71 bits per heavy atom. The maximum Gasteiger partial charge on any atom is 0.287 e. The molecule has 0 aliphatic carbocycles. The predicted octanol–water partition coefficient (Wildman–Crippen LogP) is 1.43. The Kier molecular flexibility index (Phi) is 2.91.